The summed E-state index contributed by atoms with van der Waals surface area (Å²) < 4.78 is 29.4. The standard InChI is InChI=1S/C14H13ClN2O4S/c1-22(19,20)17-14(18)11-4-2-10(3-5-11)9-21-13-6-12(15)7-16-8-13/h2-8H,9H2,1H3,(H,17,18). The van der Waals surface area contributed by atoms with Gasteiger partial charge in [-0.2, -0.15) is 0 Å². The first kappa shape index (κ1) is 16.3. The van der Waals surface area contributed by atoms with Crippen LogP contribution in [-0.2, 0) is 16.6 Å². The summed E-state index contributed by atoms with van der Waals surface area (Å²) in [7, 11) is -3.58. The molecular weight excluding hydrogens is 328 g/mol. The molecule has 2 rings (SSSR count). The lowest BCUT2D eigenvalue weighted by Crippen LogP contribution is -2.29. The number of ether oxygens (including phenoxy) is 1. The van der Waals surface area contributed by atoms with Gasteiger partial charge in [-0.1, -0.05) is 23.7 Å². The van der Waals surface area contributed by atoms with Gasteiger partial charge in [0.25, 0.3) is 5.91 Å². The Morgan fingerprint density at radius 2 is 1.95 bits per heavy atom. The second-order valence-electron chi connectivity index (χ2n) is 4.53. The average molecular weight is 341 g/mol. The van der Waals surface area contributed by atoms with Crippen LogP contribution in [0.5, 0.6) is 5.75 Å². The molecule has 1 aromatic carbocycles. The molecule has 0 aliphatic heterocycles. The Labute approximate surface area is 133 Å². The number of nitrogens with one attached hydrogen (secondary N) is 1. The summed E-state index contributed by atoms with van der Waals surface area (Å²) in [5, 5.41) is 0.477. The van der Waals surface area contributed by atoms with Gasteiger partial charge in [0.05, 0.1) is 17.5 Å². The second-order valence-corrected chi connectivity index (χ2v) is 6.71. The van der Waals surface area contributed by atoms with Gasteiger partial charge in [-0.3, -0.25) is 9.78 Å². The third-order valence-corrected chi connectivity index (χ3v) is 3.34. The molecule has 1 aromatic heterocycles. The van der Waals surface area contributed by atoms with Gasteiger partial charge < -0.3 is 4.74 Å². The van der Waals surface area contributed by atoms with Crippen molar-refractivity contribution in [1.82, 2.24) is 9.71 Å². The summed E-state index contributed by atoms with van der Waals surface area (Å²) >= 11 is 5.80. The number of amides is 1. The Balaban J connectivity index is 1.99. The van der Waals surface area contributed by atoms with E-state index in [9.17, 15) is 13.2 Å². The predicted octanol–water partition coefficient (Wildman–Crippen LogP) is 2.00. The third-order valence-electron chi connectivity index (χ3n) is 2.58. The van der Waals surface area contributed by atoms with E-state index in [1.807, 2.05) is 4.72 Å². The molecule has 0 unspecified atom stereocenters. The zero-order valence-corrected chi connectivity index (χ0v) is 13.2. The maximum Gasteiger partial charge on any atom is 0.264 e. The van der Waals surface area contributed by atoms with Crippen molar-refractivity contribution in [2.75, 3.05) is 6.26 Å². The topological polar surface area (TPSA) is 85.4 Å². The lowest BCUT2D eigenvalue weighted by atomic mass is 10.1. The normalized spacial score (nSPS) is 11.0. The number of sulfonamides is 1. The zero-order valence-electron chi connectivity index (χ0n) is 11.6. The van der Waals surface area contributed by atoms with Gasteiger partial charge in [0.2, 0.25) is 10.0 Å². The minimum Gasteiger partial charge on any atom is -0.487 e. The molecule has 0 radical (unpaired) electrons. The van der Waals surface area contributed by atoms with Crippen LogP contribution in [0.3, 0.4) is 0 Å². The third kappa shape index (κ3) is 5.01. The van der Waals surface area contributed by atoms with Crippen LogP contribution in [0, 0.1) is 0 Å². The maximum absolute atomic E-state index is 11.6. The van der Waals surface area contributed by atoms with Gasteiger partial charge in [0.1, 0.15) is 12.4 Å². The highest BCUT2D eigenvalue weighted by Crippen LogP contribution is 2.16. The van der Waals surface area contributed by atoms with E-state index >= 15 is 0 Å². The number of rotatable bonds is 5. The molecule has 0 bridgehead atoms. The fourth-order valence-corrected chi connectivity index (χ4v) is 2.24. The first-order chi connectivity index (χ1) is 10.3. The van der Waals surface area contributed by atoms with Crippen LogP contribution in [0.2, 0.25) is 5.02 Å². The molecule has 116 valence electrons. The molecule has 1 N–H and O–H groups in total. The highest BCUT2D eigenvalue weighted by atomic mass is 35.5. The van der Waals surface area contributed by atoms with E-state index in [-0.39, 0.29) is 12.2 Å². The summed E-state index contributed by atoms with van der Waals surface area (Å²) in [4.78, 5) is 15.5. The van der Waals surface area contributed by atoms with Gasteiger partial charge in [-0.05, 0) is 17.7 Å². The Kier molecular flexibility index (Phi) is 4.99. The van der Waals surface area contributed by atoms with Crippen molar-refractivity contribution in [3.8, 4) is 5.75 Å². The molecule has 0 saturated carbocycles. The number of hydrogen-bond acceptors (Lipinski definition) is 5. The fraction of sp³-hybridized carbons (Fsp3) is 0.143. The van der Waals surface area contributed by atoms with Crippen LogP contribution >= 0.6 is 11.6 Å². The monoisotopic (exact) mass is 340 g/mol. The first-order valence-corrected chi connectivity index (χ1v) is 8.45. The summed E-state index contributed by atoms with van der Waals surface area (Å²) in [5.41, 5.74) is 1.06. The van der Waals surface area contributed by atoms with Gasteiger partial charge in [-0.15, -0.1) is 0 Å². The average Bonchev–Trinajstić information content (AvgIpc) is 2.44. The SMILES string of the molecule is CS(=O)(=O)NC(=O)c1ccc(COc2cncc(Cl)c2)cc1. The van der Waals surface area contributed by atoms with Crippen molar-refractivity contribution in [1.29, 1.82) is 0 Å². The summed E-state index contributed by atoms with van der Waals surface area (Å²) in [6.07, 6.45) is 3.97. The lowest BCUT2D eigenvalue weighted by molar-refractivity contribution is 0.0981. The van der Waals surface area contributed by atoms with E-state index in [0.717, 1.165) is 11.8 Å². The molecule has 0 aliphatic rings. The molecule has 8 heteroatoms. The van der Waals surface area contributed by atoms with Gasteiger partial charge >= 0.3 is 0 Å². The lowest BCUT2D eigenvalue weighted by Gasteiger charge is -2.07. The summed E-state index contributed by atoms with van der Waals surface area (Å²) in [6, 6.07) is 8.04. The number of aromatic nitrogens is 1. The van der Waals surface area contributed by atoms with Crippen molar-refractivity contribution >= 4 is 27.5 Å². The van der Waals surface area contributed by atoms with E-state index in [1.54, 1.807) is 24.4 Å². The Hall–Kier alpha value is -2.12. The van der Waals surface area contributed by atoms with Crippen LogP contribution in [0.15, 0.2) is 42.7 Å². The molecule has 0 fully saturated rings. The van der Waals surface area contributed by atoms with E-state index in [4.69, 9.17) is 16.3 Å². The second kappa shape index (κ2) is 6.76. The van der Waals surface area contributed by atoms with Crippen LogP contribution in [-0.4, -0.2) is 25.6 Å². The highest BCUT2D eigenvalue weighted by molar-refractivity contribution is 7.89. The van der Waals surface area contributed by atoms with Crippen LogP contribution < -0.4 is 9.46 Å². The van der Waals surface area contributed by atoms with E-state index < -0.39 is 15.9 Å². The maximum atomic E-state index is 11.6. The van der Waals surface area contributed by atoms with Crippen molar-refractivity contribution in [2.24, 2.45) is 0 Å². The molecule has 22 heavy (non-hydrogen) atoms. The van der Waals surface area contributed by atoms with Gasteiger partial charge in [-0.25, -0.2) is 13.1 Å². The zero-order chi connectivity index (χ0) is 16.2. The Morgan fingerprint density at radius 3 is 2.55 bits per heavy atom. The van der Waals surface area contributed by atoms with Crippen molar-refractivity contribution < 1.29 is 17.9 Å². The Bertz CT molecular complexity index is 776. The largest absolute Gasteiger partial charge is 0.487 e. The minimum absolute atomic E-state index is 0.249. The molecule has 1 amide bonds. The number of benzene rings is 1. The summed E-state index contributed by atoms with van der Waals surface area (Å²) in [6.45, 7) is 0.274. The highest BCUT2D eigenvalue weighted by Gasteiger charge is 2.10. The molecule has 0 saturated heterocycles. The molecule has 0 aliphatic carbocycles. The van der Waals surface area contributed by atoms with Crippen LogP contribution in [0.1, 0.15) is 15.9 Å². The number of hydrogen-bond donors (Lipinski definition) is 1. The van der Waals surface area contributed by atoms with Crippen LogP contribution in [0.25, 0.3) is 0 Å². The predicted molar refractivity (Wildman–Crippen MR) is 82.3 cm³/mol. The van der Waals surface area contributed by atoms with Crippen molar-refractivity contribution in [2.45, 2.75) is 6.61 Å². The molecule has 0 atom stereocenters. The number of halogens is 1. The van der Waals surface area contributed by atoms with Crippen molar-refractivity contribution in [3.05, 3.63) is 58.9 Å². The Morgan fingerprint density at radius 1 is 1.27 bits per heavy atom. The van der Waals surface area contributed by atoms with Gasteiger partial charge in [0.15, 0.2) is 0 Å². The molecule has 2 aromatic rings. The summed E-state index contributed by atoms with van der Waals surface area (Å²) in [5.74, 6) is -0.139. The van der Waals surface area contributed by atoms with E-state index in [1.165, 1.54) is 18.3 Å². The number of carbonyl (C=O) groups excluding carboxylic acids is 1. The van der Waals surface area contributed by atoms with Crippen LogP contribution in [0.4, 0.5) is 0 Å². The van der Waals surface area contributed by atoms with E-state index in [0.29, 0.717) is 10.8 Å². The smallest absolute Gasteiger partial charge is 0.264 e. The quantitative estimate of drug-likeness (QED) is 0.899. The number of nitrogens with zero attached hydrogens (tertiary/aromatic N) is 1. The number of pyridine rings is 1. The molecule has 0 spiro atoms. The fourth-order valence-electron chi connectivity index (χ4n) is 1.62. The molecule has 1 heterocycles. The van der Waals surface area contributed by atoms with E-state index in [2.05, 4.69) is 4.98 Å². The molecular formula is C14H13ClN2O4S. The van der Waals surface area contributed by atoms with Gasteiger partial charge in [0, 0.05) is 17.8 Å². The number of carbonyl (C=O) groups is 1. The molecule has 6 nitrogen and oxygen atoms in total. The minimum atomic E-state index is -3.58. The first-order valence-electron chi connectivity index (χ1n) is 6.18. The van der Waals surface area contributed by atoms with Crippen molar-refractivity contribution in [3.63, 3.8) is 0 Å².